The van der Waals surface area contributed by atoms with Crippen LogP contribution in [-0.4, -0.2) is 26.6 Å². The van der Waals surface area contributed by atoms with Gasteiger partial charge < -0.3 is 9.13 Å². The Hall–Kier alpha value is -3.14. The van der Waals surface area contributed by atoms with E-state index in [-0.39, 0.29) is 6.04 Å². The average molecular weight is 437 g/mol. The molecule has 0 spiro atoms. The van der Waals surface area contributed by atoms with Crippen molar-refractivity contribution in [3.05, 3.63) is 72.3 Å². The molecule has 4 nitrogen and oxygen atoms in total. The molecule has 6 bridgehead atoms. The monoisotopic (exact) mass is 436 g/mol. The van der Waals surface area contributed by atoms with Crippen molar-refractivity contribution >= 4 is 29.7 Å². The molecule has 0 amide bonds. The van der Waals surface area contributed by atoms with Gasteiger partial charge in [-0.05, 0) is 118 Å². The third kappa shape index (κ3) is 2.64. The Morgan fingerprint density at radius 1 is 0.697 bits per heavy atom. The Labute approximate surface area is 195 Å². The first kappa shape index (κ1) is 20.5. The molecule has 0 saturated heterocycles. The summed E-state index contributed by atoms with van der Waals surface area (Å²) in [6.45, 7) is 18.8. The molecule has 4 aliphatic rings. The third-order valence-corrected chi connectivity index (χ3v) is 8.74. The van der Waals surface area contributed by atoms with Gasteiger partial charge in [-0.3, -0.25) is 4.99 Å². The van der Waals surface area contributed by atoms with Crippen molar-refractivity contribution in [2.75, 3.05) is 0 Å². The van der Waals surface area contributed by atoms with Gasteiger partial charge in [0, 0.05) is 28.5 Å². The topological polar surface area (TPSA) is 34.6 Å². The standard InChI is InChI=1S/C29H32N4/c1-14-15(2)23-10-27-20(7)21(8)29-12-25-17(4)16(3)24(31-25)11-28-19(6)18(5)26(9-22(14)30-23)32(28)13-33(27)29/h9-11,25H,12-13H2,1-8H3/b23-10-,26-9-,28-11-. The predicted octanol–water partition coefficient (Wildman–Crippen LogP) is 4.45. The van der Waals surface area contributed by atoms with E-state index in [9.17, 15) is 0 Å². The van der Waals surface area contributed by atoms with Crippen LogP contribution in [0, 0.1) is 27.7 Å². The van der Waals surface area contributed by atoms with E-state index in [1.807, 2.05) is 0 Å². The third-order valence-electron chi connectivity index (χ3n) is 8.74. The highest BCUT2D eigenvalue weighted by Crippen LogP contribution is 2.34. The fraction of sp³-hybridized carbons (Fsp3) is 0.379. The molecule has 0 saturated carbocycles. The second kappa shape index (κ2) is 6.69. The Balaban J connectivity index is 1.83. The van der Waals surface area contributed by atoms with E-state index in [4.69, 9.17) is 9.98 Å². The van der Waals surface area contributed by atoms with Crippen molar-refractivity contribution in [1.29, 1.82) is 0 Å². The lowest BCUT2D eigenvalue weighted by molar-refractivity contribution is 0.552. The summed E-state index contributed by atoms with van der Waals surface area (Å²) in [7, 11) is 0. The van der Waals surface area contributed by atoms with Gasteiger partial charge in [-0.2, -0.15) is 0 Å². The lowest BCUT2D eigenvalue weighted by atomic mass is 9.99. The number of aromatic nitrogens is 2. The Morgan fingerprint density at radius 3 is 2.06 bits per heavy atom. The lowest BCUT2D eigenvalue weighted by Gasteiger charge is -2.19. The molecule has 2 aromatic heterocycles. The van der Waals surface area contributed by atoms with E-state index in [2.05, 4.69) is 82.8 Å². The largest absolute Gasteiger partial charge is 0.326 e. The van der Waals surface area contributed by atoms with Crippen LogP contribution in [0.2, 0.25) is 0 Å². The van der Waals surface area contributed by atoms with Crippen LogP contribution in [-0.2, 0) is 13.1 Å². The Bertz CT molecular complexity index is 1570. The molecule has 4 aliphatic heterocycles. The van der Waals surface area contributed by atoms with Gasteiger partial charge in [0.15, 0.2) is 0 Å². The van der Waals surface area contributed by atoms with Crippen molar-refractivity contribution in [2.45, 2.75) is 74.5 Å². The number of aliphatic imine (C=N–C) groups is 2. The molecular formula is C29H32N4. The minimum atomic E-state index is 0.213. The SMILES string of the molecule is CC1=C(C)/C2=C/c3c(C)c(C)c4n3Cn3/c(c(C)c(C)/c3=C/C3=NC(C4)C(C)=C3C)=C\C1=N2. The number of rotatable bonds is 0. The molecule has 1 atom stereocenters. The Morgan fingerprint density at radius 2 is 1.36 bits per heavy atom. The minimum Gasteiger partial charge on any atom is -0.326 e. The number of nitrogens with zero attached hydrogens (tertiary/aromatic N) is 4. The molecule has 168 valence electrons. The van der Waals surface area contributed by atoms with Crippen LogP contribution in [0.5, 0.6) is 0 Å². The molecule has 4 heteroatoms. The summed E-state index contributed by atoms with van der Waals surface area (Å²) < 4.78 is 5.02. The maximum Gasteiger partial charge on any atom is 0.0997 e. The maximum absolute atomic E-state index is 5.22. The van der Waals surface area contributed by atoms with Crippen molar-refractivity contribution in [2.24, 2.45) is 9.98 Å². The number of hydrogen-bond donors (Lipinski definition) is 0. The fourth-order valence-electron chi connectivity index (χ4n) is 5.85. The molecule has 6 heterocycles. The van der Waals surface area contributed by atoms with Crippen molar-refractivity contribution < 1.29 is 0 Å². The van der Waals surface area contributed by atoms with E-state index in [0.717, 1.165) is 30.2 Å². The zero-order valence-corrected chi connectivity index (χ0v) is 21.0. The smallest absolute Gasteiger partial charge is 0.0997 e. The van der Waals surface area contributed by atoms with Crippen LogP contribution in [0.4, 0.5) is 0 Å². The fourth-order valence-corrected chi connectivity index (χ4v) is 5.85. The average Bonchev–Trinajstić information content (AvgIpc) is 3.37. The zero-order valence-electron chi connectivity index (χ0n) is 21.0. The van der Waals surface area contributed by atoms with Crippen molar-refractivity contribution in [3.8, 4) is 0 Å². The van der Waals surface area contributed by atoms with Crippen LogP contribution >= 0.6 is 0 Å². The van der Waals surface area contributed by atoms with E-state index < -0.39 is 0 Å². The first-order valence-corrected chi connectivity index (χ1v) is 12.0. The van der Waals surface area contributed by atoms with Crippen LogP contribution < -0.4 is 10.7 Å². The van der Waals surface area contributed by atoms with Crippen molar-refractivity contribution in [3.63, 3.8) is 0 Å². The maximum atomic E-state index is 5.22. The second-order valence-electron chi connectivity index (χ2n) is 10.2. The predicted molar refractivity (Wildman–Crippen MR) is 138 cm³/mol. The molecule has 33 heavy (non-hydrogen) atoms. The van der Waals surface area contributed by atoms with Gasteiger partial charge >= 0.3 is 0 Å². The summed E-state index contributed by atoms with van der Waals surface area (Å²) in [6, 6.07) is 0.213. The number of allylic oxidation sites excluding steroid dienone is 3. The summed E-state index contributed by atoms with van der Waals surface area (Å²) in [6.07, 6.45) is 7.87. The second-order valence-corrected chi connectivity index (χ2v) is 10.2. The molecular weight excluding hydrogens is 404 g/mol. The molecule has 0 fully saturated rings. The van der Waals surface area contributed by atoms with Gasteiger partial charge in [0.05, 0.1) is 29.8 Å². The highest BCUT2D eigenvalue weighted by molar-refractivity contribution is 6.23. The van der Waals surface area contributed by atoms with Gasteiger partial charge in [-0.1, -0.05) is 0 Å². The van der Waals surface area contributed by atoms with Gasteiger partial charge in [-0.25, -0.2) is 4.99 Å². The first-order valence-electron chi connectivity index (χ1n) is 12.0. The Kier molecular flexibility index (Phi) is 4.15. The summed E-state index contributed by atoms with van der Waals surface area (Å²) in [5, 5.41) is 2.51. The van der Waals surface area contributed by atoms with E-state index in [1.165, 1.54) is 66.6 Å². The molecule has 0 aliphatic carbocycles. The first-order chi connectivity index (χ1) is 15.7. The molecule has 1 unspecified atom stereocenters. The zero-order chi connectivity index (χ0) is 23.3. The molecule has 0 radical (unpaired) electrons. The molecule has 6 rings (SSSR count). The quantitative estimate of drug-likeness (QED) is 0.585. The highest BCUT2D eigenvalue weighted by atomic mass is 15.2. The van der Waals surface area contributed by atoms with Crippen LogP contribution in [0.15, 0.2) is 38.0 Å². The molecule has 0 aromatic carbocycles. The van der Waals surface area contributed by atoms with Gasteiger partial charge in [0.2, 0.25) is 0 Å². The van der Waals surface area contributed by atoms with Crippen LogP contribution in [0.3, 0.4) is 0 Å². The van der Waals surface area contributed by atoms with Crippen LogP contribution in [0.25, 0.3) is 18.2 Å². The number of fused-ring (bicyclic) bond motifs is 2. The molecule has 2 aromatic rings. The normalized spacial score (nSPS) is 24.6. The highest BCUT2D eigenvalue weighted by Gasteiger charge is 2.28. The summed E-state index contributed by atoms with van der Waals surface area (Å²) in [5.74, 6) is 0. The number of hydrogen-bond acceptors (Lipinski definition) is 2. The van der Waals surface area contributed by atoms with Gasteiger partial charge in [-0.15, -0.1) is 0 Å². The van der Waals surface area contributed by atoms with E-state index >= 15 is 0 Å². The van der Waals surface area contributed by atoms with Gasteiger partial charge in [0.1, 0.15) is 0 Å². The molecule has 0 N–H and O–H groups in total. The van der Waals surface area contributed by atoms with E-state index in [1.54, 1.807) is 0 Å². The van der Waals surface area contributed by atoms with E-state index in [0.29, 0.717) is 0 Å². The minimum absolute atomic E-state index is 0.213. The van der Waals surface area contributed by atoms with Gasteiger partial charge in [0.25, 0.3) is 0 Å². The lowest BCUT2D eigenvalue weighted by Crippen LogP contribution is -2.33. The van der Waals surface area contributed by atoms with Crippen molar-refractivity contribution in [1.82, 2.24) is 9.13 Å². The summed E-state index contributed by atoms with van der Waals surface area (Å²) >= 11 is 0. The summed E-state index contributed by atoms with van der Waals surface area (Å²) in [5.41, 5.74) is 16.6. The summed E-state index contributed by atoms with van der Waals surface area (Å²) in [4.78, 5) is 10.3. The van der Waals surface area contributed by atoms with Crippen LogP contribution in [0.1, 0.15) is 61.3 Å².